The van der Waals surface area contributed by atoms with E-state index in [1.54, 1.807) is 12.1 Å². The maximum atomic E-state index is 12.0. The predicted molar refractivity (Wildman–Crippen MR) is 105 cm³/mol. The van der Waals surface area contributed by atoms with E-state index >= 15 is 0 Å². The van der Waals surface area contributed by atoms with Crippen molar-refractivity contribution < 1.29 is 32.2 Å². The first-order valence-electron chi connectivity index (χ1n) is 9.23. The molecule has 2 aromatic rings. The molecule has 0 amide bonds. The summed E-state index contributed by atoms with van der Waals surface area (Å²) < 4.78 is 45.4. The molecule has 0 aromatic heterocycles. The number of esters is 2. The van der Waals surface area contributed by atoms with Crippen LogP contribution < -0.4 is 10.1 Å². The number of aryl methyl sites for hydroxylation is 1. The minimum absolute atomic E-state index is 0.119. The lowest BCUT2D eigenvalue weighted by atomic mass is 10.1. The molecule has 1 N–H and O–H groups in total. The Hall–Kier alpha value is -2.58. The summed E-state index contributed by atoms with van der Waals surface area (Å²) in [6.45, 7) is 1.10. The monoisotopic (exact) mass is 443 g/mol. The van der Waals surface area contributed by atoms with Crippen LogP contribution in [0.4, 0.5) is 13.2 Å². The zero-order valence-electron chi connectivity index (χ0n) is 16.0. The van der Waals surface area contributed by atoms with Gasteiger partial charge in [-0.3, -0.25) is 4.79 Å². The Morgan fingerprint density at radius 3 is 2.43 bits per heavy atom. The molecule has 0 aliphatic heterocycles. The van der Waals surface area contributed by atoms with E-state index in [-0.39, 0.29) is 13.0 Å². The highest BCUT2D eigenvalue weighted by Crippen LogP contribution is 2.18. The third-order valence-corrected chi connectivity index (χ3v) is 4.23. The molecule has 2 aromatic carbocycles. The van der Waals surface area contributed by atoms with E-state index in [0.717, 1.165) is 29.7 Å². The van der Waals surface area contributed by atoms with Gasteiger partial charge < -0.3 is 14.8 Å². The van der Waals surface area contributed by atoms with Gasteiger partial charge in [0.2, 0.25) is 0 Å². The SMILES string of the molecule is O=C(CCNCCCc1cccc(OCc2ccc(Cl)cc2)c1)OC(=O)C(F)(F)F. The molecule has 5 nitrogen and oxygen atoms in total. The minimum atomic E-state index is -5.17. The second-order valence-corrected chi connectivity index (χ2v) is 6.86. The first-order valence-corrected chi connectivity index (χ1v) is 9.60. The van der Waals surface area contributed by atoms with Crippen LogP contribution in [0.25, 0.3) is 0 Å². The van der Waals surface area contributed by atoms with E-state index in [1.807, 2.05) is 36.4 Å². The Labute approximate surface area is 177 Å². The fourth-order valence-electron chi connectivity index (χ4n) is 2.48. The van der Waals surface area contributed by atoms with E-state index in [2.05, 4.69) is 10.1 Å². The zero-order chi connectivity index (χ0) is 22.0. The van der Waals surface area contributed by atoms with Crippen LogP contribution in [0.3, 0.4) is 0 Å². The topological polar surface area (TPSA) is 64.6 Å². The predicted octanol–water partition coefficient (Wildman–Crippen LogP) is 4.46. The molecule has 0 fully saturated rings. The molecular weight excluding hydrogens is 423 g/mol. The summed E-state index contributed by atoms with van der Waals surface area (Å²) in [6, 6.07) is 15.1. The second-order valence-electron chi connectivity index (χ2n) is 6.43. The molecule has 0 heterocycles. The number of nitrogens with one attached hydrogen (secondary N) is 1. The van der Waals surface area contributed by atoms with Crippen LogP contribution in [0.5, 0.6) is 5.75 Å². The van der Waals surface area contributed by atoms with Crippen molar-refractivity contribution >= 4 is 23.5 Å². The Morgan fingerprint density at radius 1 is 1.00 bits per heavy atom. The lowest BCUT2D eigenvalue weighted by Crippen LogP contribution is -2.29. The van der Waals surface area contributed by atoms with Gasteiger partial charge in [-0.2, -0.15) is 13.2 Å². The number of ether oxygens (including phenoxy) is 2. The zero-order valence-corrected chi connectivity index (χ0v) is 16.8. The van der Waals surface area contributed by atoms with E-state index in [9.17, 15) is 22.8 Å². The number of carbonyl (C=O) groups is 2. The van der Waals surface area contributed by atoms with Crippen molar-refractivity contribution in [3.63, 3.8) is 0 Å². The summed E-state index contributed by atoms with van der Waals surface area (Å²) in [6.07, 6.45) is -3.99. The lowest BCUT2D eigenvalue weighted by molar-refractivity contribution is -0.201. The Bertz CT molecular complexity index is 841. The maximum absolute atomic E-state index is 12.0. The van der Waals surface area contributed by atoms with Crippen molar-refractivity contribution in [2.75, 3.05) is 13.1 Å². The molecule has 0 aliphatic carbocycles. The summed E-state index contributed by atoms with van der Waals surface area (Å²) in [5, 5.41) is 3.60. The fourth-order valence-corrected chi connectivity index (χ4v) is 2.61. The van der Waals surface area contributed by atoms with Gasteiger partial charge in [-0.25, -0.2) is 4.79 Å². The average molecular weight is 444 g/mol. The summed E-state index contributed by atoms with van der Waals surface area (Å²) in [7, 11) is 0. The highest BCUT2D eigenvalue weighted by Gasteiger charge is 2.42. The van der Waals surface area contributed by atoms with Crippen molar-refractivity contribution in [3.05, 3.63) is 64.7 Å². The highest BCUT2D eigenvalue weighted by atomic mass is 35.5. The molecule has 0 saturated heterocycles. The van der Waals surface area contributed by atoms with Crippen molar-refractivity contribution in [2.24, 2.45) is 0 Å². The summed E-state index contributed by atoms with van der Waals surface area (Å²) in [5.74, 6) is -2.96. The van der Waals surface area contributed by atoms with Crippen LogP contribution in [-0.2, 0) is 27.4 Å². The van der Waals surface area contributed by atoms with E-state index < -0.39 is 18.1 Å². The van der Waals surface area contributed by atoms with E-state index in [0.29, 0.717) is 18.2 Å². The maximum Gasteiger partial charge on any atom is 0.491 e. The average Bonchev–Trinajstić information content (AvgIpc) is 2.70. The Morgan fingerprint density at radius 2 is 1.73 bits per heavy atom. The quantitative estimate of drug-likeness (QED) is 0.333. The highest BCUT2D eigenvalue weighted by molar-refractivity contribution is 6.30. The molecule has 0 spiro atoms. The van der Waals surface area contributed by atoms with Gasteiger partial charge in [0.15, 0.2) is 0 Å². The van der Waals surface area contributed by atoms with Gasteiger partial charge in [0.25, 0.3) is 0 Å². The minimum Gasteiger partial charge on any atom is -0.489 e. The van der Waals surface area contributed by atoms with Gasteiger partial charge in [0.05, 0.1) is 6.42 Å². The molecule has 30 heavy (non-hydrogen) atoms. The van der Waals surface area contributed by atoms with Gasteiger partial charge in [-0.15, -0.1) is 0 Å². The summed E-state index contributed by atoms with van der Waals surface area (Å²) >= 11 is 5.86. The number of halogens is 4. The van der Waals surface area contributed by atoms with Crippen molar-refractivity contribution in [2.45, 2.75) is 32.0 Å². The van der Waals surface area contributed by atoms with Crippen LogP contribution in [0.2, 0.25) is 5.02 Å². The van der Waals surface area contributed by atoms with Crippen LogP contribution >= 0.6 is 11.6 Å². The molecule has 0 unspecified atom stereocenters. The number of alkyl halides is 3. The Balaban J connectivity index is 1.63. The van der Waals surface area contributed by atoms with Crippen LogP contribution in [0, 0.1) is 0 Å². The molecule has 9 heteroatoms. The van der Waals surface area contributed by atoms with Crippen LogP contribution in [-0.4, -0.2) is 31.2 Å². The van der Waals surface area contributed by atoms with Crippen molar-refractivity contribution in [1.82, 2.24) is 5.32 Å². The third kappa shape index (κ3) is 8.84. The molecular formula is C21H21ClF3NO4. The van der Waals surface area contributed by atoms with Crippen molar-refractivity contribution in [1.29, 1.82) is 0 Å². The van der Waals surface area contributed by atoms with Crippen LogP contribution in [0.1, 0.15) is 24.0 Å². The summed E-state index contributed by atoms with van der Waals surface area (Å²) in [5.41, 5.74) is 2.07. The molecule has 0 radical (unpaired) electrons. The third-order valence-electron chi connectivity index (χ3n) is 3.98. The Kier molecular flexibility index (Phi) is 9.14. The first-order chi connectivity index (χ1) is 14.2. The van der Waals surface area contributed by atoms with Gasteiger partial charge in [-0.05, 0) is 54.8 Å². The van der Waals surface area contributed by atoms with Crippen molar-refractivity contribution in [3.8, 4) is 5.75 Å². The fraction of sp³-hybridized carbons (Fsp3) is 0.333. The molecule has 0 saturated carbocycles. The molecule has 0 bridgehead atoms. The lowest BCUT2D eigenvalue weighted by Gasteiger charge is -2.09. The largest absolute Gasteiger partial charge is 0.491 e. The smallest absolute Gasteiger partial charge is 0.489 e. The molecule has 0 atom stereocenters. The van der Waals surface area contributed by atoms with Gasteiger partial charge in [-0.1, -0.05) is 35.9 Å². The summed E-state index contributed by atoms with van der Waals surface area (Å²) in [4.78, 5) is 21.7. The molecule has 2 rings (SSSR count). The van der Waals surface area contributed by atoms with Gasteiger partial charge in [0.1, 0.15) is 12.4 Å². The second kappa shape index (κ2) is 11.6. The molecule has 162 valence electrons. The normalized spacial score (nSPS) is 11.2. The van der Waals surface area contributed by atoms with E-state index in [1.165, 1.54) is 0 Å². The molecule has 0 aliphatic rings. The standard InChI is InChI=1S/C21H21ClF3NO4/c22-17-8-6-16(7-9-17)14-29-18-5-1-3-15(13-18)4-2-11-26-12-10-19(27)30-20(28)21(23,24)25/h1,3,5-9,13,26H,2,4,10-12,14H2. The first kappa shape index (κ1) is 23.7. The van der Waals surface area contributed by atoms with E-state index in [4.69, 9.17) is 16.3 Å². The number of carbonyl (C=O) groups excluding carboxylic acids is 2. The number of rotatable bonds is 10. The number of hydrogen-bond acceptors (Lipinski definition) is 5. The van der Waals surface area contributed by atoms with Gasteiger partial charge >= 0.3 is 18.1 Å². The van der Waals surface area contributed by atoms with Gasteiger partial charge in [0, 0.05) is 11.6 Å². The van der Waals surface area contributed by atoms with Crippen LogP contribution in [0.15, 0.2) is 48.5 Å². The number of hydrogen-bond donors (Lipinski definition) is 1. The number of benzene rings is 2.